The van der Waals surface area contributed by atoms with Gasteiger partial charge in [0.2, 0.25) is 11.8 Å². The van der Waals surface area contributed by atoms with E-state index >= 15 is 0 Å². The average molecular weight is 630 g/mol. The highest BCUT2D eigenvalue weighted by Gasteiger charge is 2.47. The Morgan fingerprint density at radius 3 is 2.39 bits per heavy atom. The van der Waals surface area contributed by atoms with Crippen molar-refractivity contribution in [1.82, 2.24) is 10.2 Å². The second-order valence-corrected chi connectivity index (χ2v) is 11.3. The van der Waals surface area contributed by atoms with E-state index in [1.165, 1.54) is 0 Å². The van der Waals surface area contributed by atoms with E-state index in [0.29, 0.717) is 31.6 Å². The molecular weight excluding hydrogens is 589 g/mol. The molecule has 2 aromatic rings. The molecule has 1 aliphatic rings. The molecule has 0 radical (unpaired) electrons. The van der Waals surface area contributed by atoms with Gasteiger partial charge in [0.15, 0.2) is 0 Å². The van der Waals surface area contributed by atoms with Crippen LogP contribution in [-0.4, -0.2) is 47.6 Å². The van der Waals surface area contributed by atoms with Crippen LogP contribution in [0.5, 0.6) is 0 Å². The van der Waals surface area contributed by atoms with Gasteiger partial charge in [-0.3, -0.25) is 9.59 Å². The molecule has 0 bridgehead atoms. The van der Waals surface area contributed by atoms with Crippen LogP contribution < -0.4 is 11.1 Å². The summed E-state index contributed by atoms with van der Waals surface area (Å²) in [5, 5.41) is 14.9. The largest absolute Gasteiger partial charge is 0.391 e. The zero-order valence-corrected chi connectivity index (χ0v) is 24.6. The third-order valence-corrected chi connectivity index (χ3v) is 7.85. The molecule has 7 heteroatoms. The SMILES string of the molecule is CCCN(CCC)C(=O)C1=CC=CC(C(N)=O)([C@H](Cc2ccccc2)[C@@H](O)CNCc2cccc(I)c2)C1. The van der Waals surface area contributed by atoms with Crippen LogP contribution >= 0.6 is 22.6 Å². The van der Waals surface area contributed by atoms with Crippen molar-refractivity contribution in [2.75, 3.05) is 19.6 Å². The summed E-state index contributed by atoms with van der Waals surface area (Å²) in [5.74, 6) is -1.11. The van der Waals surface area contributed by atoms with Crippen LogP contribution in [0.25, 0.3) is 0 Å². The normalized spacial score (nSPS) is 18.5. The molecule has 0 spiro atoms. The minimum atomic E-state index is -1.19. The minimum absolute atomic E-state index is 0.0616. The molecule has 3 atom stereocenters. The standard InChI is InChI=1S/C31H40IN3O3/c1-3-16-35(17-4-2)29(37)25-13-9-15-31(20-25,30(33)38)27(19-23-10-6-5-7-11-23)28(36)22-34-21-24-12-8-14-26(32)18-24/h5-15,18,27-28,34,36H,3-4,16-17,19-22H2,1-2H3,(H2,33,38)/t27-,28+,31?/m1/s1. The van der Waals surface area contributed by atoms with Gasteiger partial charge in [0, 0.05) is 41.2 Å². The van der Waals surface area contributed by atoms with Gasteiger partial charge < -0.3 is 21.1 Å². The Morgan fingerprint density at radius 2 is 1.76 bits per heavy atom. The summed E-state index contributed by atoms with van der Waals surface area (Å²) in [6.07, 6.45) is 6.83. The van der Waals surface area contributed by atoms with Crippen LogP contribution in [0.2, 0.25) is 0 Å². The number of hydrogen-bond acceptors (Lipinski definition) is 4. The molecule has 0 saturated heterocycles. The number of halogens is 1. The average Bonchev–Trinajstić information content (AvgIpc) is 2.91. The first kappa shape index (κ1) is 30.1. The smallest absolute Gasteiger partial charge is 0.249 e. The van der Waals surface area contributed by atoms with Gasteiger partial charge in [0.25, 0.3) is 0 Å². The third kappa shape index (κ3) is 7.77. The van der Waals surface area contributed by atoms with E-state index in [2.05, 4.69) is 34.0 Å². The fraction of sp³-hybridized carbons (Fsp3) is 0.419. The van der Waals surface area contributed by atoms with Crippen molar-refractivity contribution in [3.8, 4) is 0 Å². The number of nitrogens with zero attached hydrogens (tertiary/aromatic N) is 1. The minimum Gasteiger partial charge on any atom is -0.391 e. The van der Waals surface area contributed by atoms with E-state index in [-0.39, 0.29) is 18.9 Å². The van der Waals surface area contributed by atoms with Crippen molar-refractivity contribution in [2.24, 2.45) is 17.1 Å². The molecule has 4 N–H and O–H groups in total. The fourth-order valence-electron chi connectivity index (χ4n) is 5.26. The Bertz CT molecular complexity index is 1130. The van der Waals surface area contributed by atoms with Crippen molar-refractivity contribution in [2.45, 2.75) is 52.2 Å². The molecule has 0 heterocycles. The van der Waals surface area contributed by atoms with Gasteiger partial charge in [0.1, 0.15) is 0 Å². The third-order valence-electron chi connectivity index (χ3n) is 7.18. The van der Waals surface area contributed by atoms with E-state index in [0.717, 1.165) is 27.5 Å². The topological polar surface area (TPSA) is 95.7 Å². The molecular formula is C31H40IN3O3. The summed E-state index contributed by atoms with van der Waals surface area (Å²) >= 11 is 2.28. The Hall–Kier alpha value is -2.49. The van der Waals surface area contributed by atoms with Crippen molar-refractivity contribution in [1.29, 1.82) is 0 Å². The van der Waals surface area contributed by atoms with E-state index in [1.807, 2.05) is 67.3 Å². The number of benzene rings is 2. The Morgan fingerprint density at radius 1 is 1.08 bits per heavy atom. The van der Waals surface area contributed by atoms with Gasteiger partial charge in [-0.15, -0.1) is 0 Å². The van der Waals surface area contributed by atoms with E-state index in [9.17, 15) is 14.7 Å². The molecule has 1 aliphatic carbocycles. The van der Waals surface area contributed by atoms with Crippen molar-refractivity contribution < 1.29 is 14.7 Å². The molecule has 38 heavy (non-hydrogen) atoms. The van der Waals surface area contributed by atoms with Crippen LogP contribution in [-0.2, 0) is 22.6 Å². The maximum atomic E-state index is 13.5. The molecule has 2 amide bonds. The number of carbonyl (C=O) groups excluding carboxylic acids is 2. The van der Waals surface area contributed by atoms with Crippen molar-refractivity contribution in [3.05, 3.63) is 93.1 Å². The van der Waals surface area contributed by atoms with Crippen LogP contribution in [0, 0.1) is 14.9 Å². The van der Waals surface area contributed by atoms with Crippen molar-refractivity contribution in [3.63, 3.8) is 0 Å². The number of nitrogens with one attached hydrogen (secondary N) is 1. The maximum Gasteiger partial charge on any atom is 0.249 e. The number of allylic oxidation sites excluding steroid dienone is 2. The number of hydrogen-bond donors (Lipinski definition) is 3. The predicted octanol–water partition coefficient (Wildman–Crippen LogP) is 4.61. The van der Waals surface area contributed by atoms with E-state index in [1.54, 1.807) is 18.2 Å². The number of nitrogens with two attached hydrogens (primary N) is 1. The van der Waals surface area contributed by atoms with Crippen LogP contribution in [0.3, 0.4) is 0 Å². The lowest BCUT2D eigenvalue weighted by Gasteiger charge is -2.41. The summed E-state index contributed by atoms with van der Waals surface area (Å²) in [5.41, 5.74) is 7.60. The molecule has 0 fully saturated rings. The number of carbonyl (C=O) groups is 2. The zero-order valence-electron chi connectivity index (χ0n) is 22.4. The van der Waals surface area contributed by atoms with Gasteiger partial charge in [0.05, 0.1) is 11.5 Å². The predicted molar refractivity (Wildman–Crippen MR) is 161 cm³/mol. The summed E-state index contributed by atoms with van der Waals surface area (Å²) < 4.78 is 1.15. The molecule has 1 unspecified atom stereocenters. The monoisotopic (exact) mass is 629 g/mol. The molecule has 0 aliphatic heterocycles. The highest BCUT2D eigenvalue weighted by atomic mass is 127. The number of rotatable bonds is 14. The van der Waals surface area contributed by atoms with Gasteiger partial charge >= 0.3 is 0 Å². The summed E-state index contributed by atoms with van der Waals surface area (Å²) in [4.78, 5) is 28.6. The van der Waals surface area contributed by atoms with E-state index < -0.39 is 23.3 Å². The lowest BCUT2D eigenvalue weighted by molar-refractivity contribution is -0.132. The van der Waals surface area contributed by atoms with Gasteiger partial charge in [-0.2, -0.15) is 0 Å². The summed E-state index contributed by atoms with van der Waals surface area (Å²) in [7, 11) is 0. The number of primary amides is 1. The summed E-state index contributed by atoms with van der Waals surface area (Å²) in [6.45, 7) is 6.31. The second-order valence-electron chi connectivity index (χ2n) is 10.0. The Balaban J connectivity index is 1.88. The quantitative estimate of drug-likeness (QED) is 0.266. The number of amides is 2. The summed E-state index contributed by atoms with van der Waals surface area (Å²) in [6, 6.07) is 18.0. The Kier molecular flexibility index (Phi) is 11.6. The molecule has 2 aromatic carbocycles. The molecule has 0 aromatic heterocycles. The second kappa shape index (κ2) is 14.6. The molecule has 204 valence electrons. The maximum absolute atomic E-state index is 13.5. The Labute approximate surface area is 240 Å². The van der Waals surface area contributed by atoms with Crippen LogP contribution in [0.4, 0.5) is 0 Å². The number of aliphatic hydroxyl groups is 1. The highest BCUT2D eigenvalue weighted by molar-refractivity contribution is 14.1. The van der Waals surface area contributed by atoms with Gasteiger partial charge in [-0.05, 0) is 71.5 Å². The lowest BCUT2D eigenvalue weighted by atomic mass is 9.64. The molecule has 6 nitrogen and oxygen atoms in total. The van der Waals surface area contributed by atoms with Crippen molar-refractivity contribution >= 4 is 34.4 Å². The zero-order chi connectivity index (χ0) is 27.5. The first-order chi connectivity index (χ1) is 18.3. The van der Waals surface area contributed by atoms with Gasteiger partial charge in [-0.1, -0.05) is 74.5 Å². The number of aliphatic hydroxyl groups excluding tert-OH is 1. The fourth-order valence-corrected chi connectivity index (χ4v) is 5.87. The van der Waals surface area contributed by atoms with Crippen LogP contribution in [0.1, 0.15) is 44.2 Å². The van der Waals surface area contributed by atoms with Gasteiger partial charge in [-0.25, -0.2) is 0 Å². The first-order valence-electron chi connectivity index (χ1n) is 13.5. The first-order valence-corrected chi connectivity index (χ1v) is 14.5. The molecule has 0 saturated carbocycles. The molecule has 3 rings (SSSR count). The highest BCUT2D eigenvalue weighted by Crippen LogP contribution is 2.43. The van der Waals surface area contributed by atoms with Crippen LogP contribution in [0.15, 0.2) is 78.4 Å². The lowest BCUT2D eigenvalue weighted by Crippen LogP contribution is -2.51. The van der Waals surface area contributed by atoms with E-state index in [4.69, 9.17) is 5.73 Å².